The number of hydrogen-bond acceptors (Lipinski definition) is 1. The van der Waals surface area contributed by atoms with Crippen LogP contribution in [0.15, 0.2) is 47.1 Å². The second kappa shape index (κ2) is 4.63. The molecule has 1 atom stereocenters. The summed E-state index contributed by atoms with van der Waals surface area (Å²) in [6.07, 6.45) is 14.1. The first kappa shape index (κ1) is 10.4. The molecule has 0 radical (unpaired) electrons. The number of allylic oxidation sites excluding steroid dienone is 7. The van der Waals surface area contributed by atoms with Crippen LogP contribution in [0.3, 0.4) is 0 Å². The third-order valence-electron chi connectivity index (χ3n) is 3.17. The molecule has 0 aromatic carbocycles. The summed E-state index contributed by atoms with van der Waals surface area (Å²) in [4.78, 5) is 0. The van der Waals surface area contributed by atoms with E-state index in [9.17, 15) is 0 Å². The van der Waals surface area contributed by atoms with Crippen LogP contribution in [0.5, 0.6) is 0 Å². The highest BCUT2D eigenvalue weighted by Crippen LogP contribution is 2.30. The molecule has 1 heteroatoms. The van der Waals surface area contributed by atoms with Crippen molar-refractivity contribution in [2.24, 2.45) is 5.92 Å². The first-order valence-corrected chi connectivity index (χ1v) is 5.64. The highest BCUT2D eigenvalue weighted by Gasteiger charge is 2.14. The summed E-state index contributed by atoms with van der Waals surface area (Å²) in [5.41, 5.74) is 4.31. The van der Waals surface area contributed by atoms with Crippen molar-refractivity contribution in [2.75, 3.05) is 6.61 Å². The summed E-state index contributed by atoms with van der Waals surface area (Å²) in [7, 11) is 0. The van der Waals surface area contributed by atoms with Crippen molar-refractivity contribution < 1.29 is 5.11 Å². The van der Waals surface area contributed by atoms with Gasteiger partial charge in [0.25, 0.3) is 0 Å². The Labute approximate surface area is 91.5 Å². The topological polar surface area (TPSA) is 20.2 Å². The van der Waals surface area contributed by atoms with Gasteiger partial charge in [-0.2, -0.15) is 0 Å². The molecule has 0 aliphatic heterocycles. The molecule has 2 aliphatic rings. The van der Waals surface area contributed by atoms with Gasteiger partial charge in [0.1, 0.15) is 0 Å². The van der Waals surface area contributed by atoms with E-state index in [2.05, 4.69) is 37.3 Å². The Morgan fingerprint density at radius 1 is 1.20 bits per heavy atom. The zero-order valence-corrected chi connectivity index (χ0v) is 9.24. The molecule has 1 nitrogen and oxygen atoms in total. The minimum atomic E-state index is 0.260. The second-order valence-electron chi connectivity index (χ2n) is 4.43. The van der Waals surface area contributed by atoms with Gasteiger partial charge in [-0.05, 0) is 37.3 Å². The molecule has 15 heavy (non-hydrogen) atoms. The molecular formula is C14H18O. The maximum absolute atomic E-state index is 9.14. The van der Waals surface area contributed by atoms with Gasteiger partial charge in [0.05, 0.1) is 0 Å². The fourth-order valence-corrected chi connectivity index (χ4v) is 2.12. The number of aliphatic hydroxyl groups is 1. The van der Waals surface area contributed by atoms with Crippen LogP contribution >= 0.6 is 0 Å². The highest BCUT2D eigenvalue weighted by molar-refractivity contribution is 5.41. The van der Waals surface area contributed by atoms with E-state index in [-0.39, 0.29) is 6.61 Å². The Morgan fingerprint density at radius 3 is 2.73 bits per heavy atom. The molecule has 80 valence electrons. The van der Waals surface area contributed by atoms with Crippen molar-refractivity contribution in [1.29, 1.82) is 0 Å². The van der Waals surface area contributed by atoms with Crippen molar-refractivity contribution in [2.45, 2.75) is 26.2 Å². The van der Waals surface area contributed by atoms with E-state index in [1.54, 1.807) is 0 Å². The predicted octanol–water partition coefficient (Wildman–Crippen LogP) is 3.15. The van der Waals surface area contributed by atoms with Crippen molar-refractivity contribution >= 4 is 0 Å². The lowest BCUT2D eigenvalue weighted by molar-refractivity contribution is 0.251. The van der Waals surface area contributed by atoms with Gasteiger partial charge in [-0.3, -0.25) is 0 Å². The monoisotopic (exact) mass is 202 g/mol. The summed E-state index contributed by atoms with van der Waals surface area (Å²) in [6, 6.07) is 0. The molecule has 1 N–H and O–H groups in total. The lowest BCUT2D eigenvalue weighted by Gasteiger charge is -2.20. The minimum absolute atomic E-state index is 0.260. The molecule has 0 saturated carbocycles. The average molecular weight is 202 g/mol. The number of aliphatic hydroxyl groups excluding tert-OH is 1. The standard InChI is InChI=1S/C14H18O/c1-11-5-7-13(8-6-11)14-4-2-3-12(9-14)10-15/h2-5,7,12,15H,6,8-10H2,1H3. The van der Waals surface area contributed by atoms with Gasteiger partial charge in [-0.25, -0.2) is 0 Å². The molecule has 0 aromatic rings. The Bertz CT molecular complexity index is 356. The van der Waals surface area contributed by atoms with Crippen LogP contribution in [0.2, 0.25) is 0 Å². The lowest BCUT2D eigenvalue weighted by atomic mass is 9.86. The minimum Gasteiger partial charge on any atom is -0.396 e. The Morgan fingerprint density at radius 2 is 2.07 bits per heavy atom. The van der Waals surface area contributed by atoms with Gasteiger partial charge in [-0.15, -0.1) is 0 Å². The Balaban J connectivity index is 2.12. The van der Waals surface area contributed by atoms with Crippen LogP contribution in [0.4, 0.5) is 0 Å². The summed E-state index contributed by atoms with van der Waals surface area (Å²) in [6.45, 7) is 2.44. The van der Waals surface area contributed by atoms with E-state index >= 15 is 0 Å². The Kier molecular flexibility index (Phi) is 3.22. The van der Waals surface area contributed by atoms with E-state index in [1.165, 1.54) is 23.1 Å². The van der Waals surface area contributed by atoms with Crippen LogP contribution < -0.4 is 0 Å². The van der Waals surface area contributed by atoms with Crippen LogP contribution in [-0.2, 0) is 0 Å². The zero-order valence-electron chi connectivity index (χ0n) is 9.24. The maximum Gasteiger partial charge on any atom is 0.0497 e. The maximum atomic E-state index is 9.14. The Hall–Kier alpha value is -1.08. The second-order valence-corrected chi connectivity index (χ2v) is 4.43. The van der Waals surface area contributed by atoms with Crippen LogP contribution in [0.25, 0.3) is 0 Å². The van der Waals surface area contributed by atoms with Gasteiger partial charge < -0.3 is 5.11 Å². The smallest absolute Gasteiger partial charge is 0.0497 e. The molecule has 0 heterocycles. The molecule has 0 spiro atoms. The van der Waals surface area contributed by atoms with Gasteiger partial charge in [0, 0.05) is 12.5 Å². The van der Waals surface area contributed by atoms with E-state index in [0.29, 0.717) is 5.92 Å². The molecule has 0 amide bonds. The zero-order chi connectivity index (χ0) is 10.7. The number of rotatable bonds is 2. The quantitative estimate of drug-likeness (QED) is 0.729. The van der Waals surface area contributed by atoms with Crippen molar-refractivity contribution in [3.63, 3.8) is 0 Å². The molecule has 0 bridgehead atoms. The first-order valence-electron chi connectivity index (χ1n) is 5.64. The van der Waals surface area contributed by atoms with E-state index < -0.39 is 0 Å². The van der Waals surface area contributed by atoms with Crippen molar-refractivity contribution in [3.8, 4) is 0 Å². The molecule has 2 aliphatic carbocycles. The van der Waals surface area contributed by atoms with Crippen LogP contribution in [0.1, 0.15) is 26.2 Å². The van der Waals surface area contributed by atoms with E-state index in [0.717, 1.165) is 12.8 Å². The summed E-state index contributed by atoms with van der Waals surface area (Å²) in [5.74, 6) is 0.318. The van der Waals surface area contributed by atoms with Gasteiger partial charge in [0.15, 0.2) is 0 Å². The van der Waals surface area contributed by atoms with Gasteiger partial charge in [0.2, 0.25) is 0 Å². The molecule has 0 saturated heterocycles. The third kappa shape index (κ3) is 2.48. The molecule has 2 rings (SSSR count). The van der Waals surface area contributed by atoms with Crippen LogP contribution in [-0.4, -0.2) is 11.7 Å². The number of hydrogen-bond donors (Lipinski definition) is 1. The average Bonchev–Trinajstić information content (AvgIpc) is 2.30. The summed E-state index contributed by atoms with van der Waals surface area (Å²) in [5, 5.41) is 9.14. The van der Waals surface area contributed by atoms with Crippen molar-refractivity contribution in [1.82, 2.24) is 0 Å². The summed E-state index contributed by atoms with van der Waals surface area (Å²) < 4.78 is 0. The third-order valence-corrected chi connectivity index (χ3v) is 3.17. The van der Waals surface area contributed by atoms with Gasteiger partial charge in [-0.1, -0.05) is 36.0 Å². The highest BCUT2D eigenvalue weighted by atomic mass is 16.3. The molecular weight excluding hydrogens is 184 g/mol. The molecule has 0 fully saturated rings. The predicted molar refractivity (Wildman–Crippen MR) is 63.5 cm³/mol. The van der Waals surface area contributed by atoms with Crippen LogP contribution in [0, 0.1) is 5.92 Å². The van der Waals surface area contributed by atoms with E-state index in [4.69, 9.17) is 5.11 Å². The fourth-order valence-electron chi connectivity index (χ4n) is 2.12. The summed E-state index contributed by atoms with van der Waals surface area (Å²) >= 11 is 0. The molecule has 1 unspecified atom stereocenters. The fraction of sp³-hybridized carbons (Fsp3) is 0.429. The normalized spacial score (nSPS) is 25.7. The van der Waals surface area contributed by atoms with Gasteiger partial charge >= 0.3 is 0 Å². The van der Waals surface area contributed by atoms with E-state index in [1.807, 2.05) is 0 Å². The molecule has 0 aromatic heterocycles. The first-order chi connectivity index (χ1) is 7.29. The largest absolute Gasteiger partial charge is 0.396 e. The lowest BCUT2D eigenvalue weighted by Crippen LogP contribution is -2.08. The van der Waals surface area contributed by atoms with Crippen molar-refractivity contribution in [3.05, 3.63) is 47.1 Å². The SMILES string of the molecule is CC1=CC=C(C2=CC=CC(CO)C2)CC1.